The van der Waals surface area contributed by atoms with Crippen molar-refractivity contribution >= 4 is 15.9 Å². The average molecular weight is 248 g/mol. The molecule has 1 aromatic heterocycles. The smallest absolute Gasteiger partial charge is 0.148 e. The number of aromatic nitrogens is 1. The second kappa shape index (κ2) is 4.67. The van der Waals surface area contributed by atoms with Crippen LogP contribution in [0.1, 0.15) is 25.5 Å². The lowest BCUT2D eigenvalue weighted by molar-refractivity contribution is 0.0731. The zero-order valence-electron chi connectivity index (χ0n) is 7.55. The Bertz CT molecular complexity index is 273. The van der Waals surface area contributed by atoms with Gasteiger partial charge in [-0.05, 0) is 29.8 Å². The van der Waals surface area contributed by atoms with Gasteiger partial charge in [0.25, 0.3) is 0 Å². The highest BCUT2D eigenvalue weighted by atomic mass is 79.9. The van der Waals surface area contributed by atoms with Crippen molar-refractivity contribution < 1.29 is 9.13 Å². The van der Waals surface area contributed by atoms with Crippen molar-refractivity contribution in [3.8, 4) is 0 Å². The van der Waals surface area contributed by atoms with Crippen LogP contribution in [0.2, 0.25) is 0 Å². The summed E-state index contributed by atoms with van der Waals surface area (Å²) in [6, 6.07) is 0. The molecule has 0 bridgehead atoms. The monoisotopic (exact) mass is 247 g/mol. The van der Waals surface area contributed by atoms with Crippen LogP contribution in [0.3, 0.4) is 0 Å². The van der Waals surface area contributed by atoms with Crippen LogP contribution in [0.4, 0.5) is 4.39 Å². The third kappa shape index (κ3) is 2.48. The molecule has 0 saturated heterocycles. The Morgan fingerprint density at radius 2 is 2.31 bits per heavy atom. The number of pyridine rings is 1. The molecule has 0 aromatic carbocycles. The lowest BCUT2D eigenvalue weighted by atomic mass is 10.1. The van der Waals surface area contributed by atoms with Gasteiger partial charge >= 0.3 is 0 Å². The Kier molecular flexibility index (Phi) is 3.81. The fourth-order valence-electron chi connectivity index (χ4n) is 1.14. The first-order chi connectivity index (χ1) is 6.16. The van der Waals surface area contributed by atoms with Crippen LogP contribution < -0.4 is 0 Å². The molecule has 4 heteroatoms. The molecular formula is C9H11BrFNO. The highest BCUT2D eigenvalue weighted by Gasteiger charge is 2.14. The number of nitrogens with zero attached hydrogens (tertiary/aromatic N) is 1. The summed E-state index contributed by atoms with van der Waals surface area (Å²) in [4.78, 5) is 3.71. The lowest BCUT2D eigenvalue weighted by Crippen LogP contribution is -2.03. The predicted octanol–water partition coefficient (Wildman–Crippen LogP) is 3.08. The summed E-state index contributed by atoms with van der Waals surface area (Å²) < 4.78 is 19.2. The number of hydrogen-bond acceptors (Lipinski definition) is 2. The van der Waals surface area contributed by atoms with E-state index >= 15 is 0 Å². The minimum Gasteiger partial charge on any atom is -0.374 e. The Balaban J connectivity index is 2.98. The van der Waals surface area contributed by atoms with Crippen LogP contribution in [-0.4, -0.2) is 11.6 Å². The number of ether oxygens (including phenoxy) is 1. The van der Waals surface area contributed by atoms with E-state index in [4.69, 9.17) is 4.74 Å². The summed E-state index contributed by atoms with van der Waals surface area (Å²) >= 11 is 3.24. The Hall–Kier alpha value is -0.480. The SMILES string of the molecule is CCOC(C)c1c(F)cncc1Br. The minimum atomic E-state index is -0.338. The third-order valence-electron chi connectivity index (χ3n) is 1.71. The molecule has 0 amide bonds. The maximum Gasteiger partial charge on any atom is 0.148 e. The molecule has 0 aliphatic carbocycles. The molecule has 0 fully saturated rings. The maximum absolute atomic E-state index is 13.3. The van der Waals surface area contributed by atoms with Gasteiger partial charge in [-0.15, -0.1) is 0 Å². The molecule has 1 aromatic rings. The molecule has 0 radical (unpaired) electrons. The third-order valence-corrected chi connectivity index (χ3v) is 2.35. The minimum absolute atomic E-state index is 0.248. The second-order valence-corrected chi connectivity index (χ2v) is 3.47. The Labute approximate surface area is 85.3 Å². The first-order valence-electron chi connectivity index (χ1n) is 4.07. The molecule has 0 aliphatic rings. The molecule has 13 heavy (non-hydrogen) atoms. The molecule has 0 N–H and O–H groups in total. The largest absolute Gasteiger partial charge is 0.374 e. The second-order valence-electron chi connectivity index (χ2n) is 2.61. The quantitative estimate of drug-likeness (QED) is 0.819. The van der Waals surface area contributed by atoms with Crippen molar-refractivity contribution in [3.05, 3.63) is 28.2 Å². The Morgan fingerprint density at radius 3 is 2.85 bits per heavy atom. The van der Waals surface area contributed by atoms with E-state index in [2.05, 4.69) is 20.9 Å². The fourth-order valence-corrected chi connectivity index (χ4v) is 1.77. The van der Waals surface area contributed by atoms with Gasteiger partial charge in [0.1, 0.15) is 5.82 Å². The maximum atomic E-state index is 13.3. The lowest BCUT2D eigenvalue weighted by Gasteiger charge is -2.13. The van der Waals surface area contributed by atoms with E-state index in [1.807, 2.05) is 13.8 Å². The molecule has 0 spiro atoms. The standard InChI is InChI=1S/C9H11BrFNO/c1-3-13-6(2)9-7(10)4-12-5-8(9)11/h4-6H,3H2,1-2H3. The summed E-state index contributed by atoms with van der Waals surface area (Å²) in [5, 5.41) is 0. The summed E-state index contributed by atoms with van der Waals surface area (Å²) in [5.74, 6) is -0.338. The van der Waals surface area contributed by atoms with E-state index in [0.29, 0.717) is 16.6 Å². The summed E-state index contributed by atoms with van der Waals surface area (Å²) in [6.45, 7) is 4.26. The van der Waals surface area contributed by atoms with Crippen molar-refractivity contribution in [1.29, 1.82) is 0 Å². The normalized spacial score (nSPS) is 12.9. The van der Waals surface area contributed by atoms with Gasteiger partial charge in [0.2, 0.25) is 0 Å². The van der Waals surface area contributed by atoms with Gasteiger partial charge in [0.05, 0.1) is 12.3 Å². The zero-order chi connectivity index (χ0) is 9.84. The fraction of sp³-hybridized carbons (Fsp3) is 0.444. The molecule has 1 heterocycles. The summed E-state index contributed by atoms with van der Waals surface area (Å²) in [5.41, 5.74) is 0.525. The first kappa shape index (κ1) is 10.6. The van der Waals surface area contributed by atoms with Gasteiger partial charge in [0, 0.05) is 22.8 Å². The number of halogens is 2. The molecule has 1 unspecified atom stereocenters. The van der Waals surface area contributed by atoms with E-state index in [1.54, 1.807) is 6.20 Å². The molecule has 72 valence electrons. The van der Waals surface area contributed by atoms with Gasteiger partial charge in [-0.1, -0.05) is 0 Å². The molecule has 1 rings (SSSR count). The highest BCUT2D eigenvalue weighted by Crippen LogP contribution is 2.27. The summed E-state index contributed by atoms with van der Waals surface area (Å²) in [6.07, 6.45) is 2.51. The van der Waals surface area contributed by atoms with Crippen LogP contribution in [0.25, 0.3) is 0 Å². The molecule has 0 aliphatic heterocycles. The van der Waals surface area contributed by atoms with Crippen molar-refractivity contribution in [3.63, 3.8) is 0 Å². The van der Waals surface area contributed by atoms with Crippen LogP contribution in [-0.2, 0) is 4.74 Å². The first-order valence-corrected chi connectivity index (χ1v) is 4.86. The molecule has 0 saturated carbocycles. The van der Waals surface area contributed by atoms with Crippen molar-refractivity contribution in [2.24, 2.45) is 0 Å². The van der Waals surface area contributed by atoms with Crippen LogP contribution in [0.15, 0.2) is 16.9 Å². The van der Waals surface area contributed by atoms with Gasteiger partial charge in [0.15, 0.2) is 0 Å². The van der Waals surface area contributed by atoms with Gasteiger partial charge in [-0.25, -0.2) is 4.39 Å². The molecule has 1 atom stereocenters. The van der Waals surface area contributed by atoms with E-state index in [0.717, 1.165) is 0 Å². The molecule has 2 nitrogen and oxygen atoms in total. The van der Waals surface area contributed by atoms with Crippen LogP contribution in [0, 0.1) is 5.82 Å². The van der Waals surface area contributed by atoms with E-state index in [9.17, 15) is 4.39 Å². The summed E-state index contributed by atoms with van der Waals surface area (Å²) in [7, 11) is 0. The van der Waals surface area contributed by atoms with Gasteiger partial charge in [-0.3, -0.25) is 4.98 Å². The van der Waals surface area contributed by atoms with Gasteiger partial charge < -0.3 is 4.74 Å². The average Bonchev–Trinajstić information content (AvgIpc) is 2.04. The van der Waals surface area contributed by atoms with Gasteiger partial charge in [-0.2, -0.15) is 0 Å². The molecular weight excluding hydrogens is 237 g/mol. The Morgan fingerprint density at radius 1 is 1.62 bits per heavy atom. The number of hydrogen-bond donors (Lipinski definition) is 0. The van der Waals surface area contributed by atoms with Crippen molar-refractivity contribution in [1.82, 2.24) is 4.98 Å². The van der Waals surface area contributed by atoms with E-state index < -0.39 is 0 Å². The number of rotatable bonds is 3. The topological polar surface area (TPSA) is 22.1 Å². The predicted molar refractivity (Wildman–Crippen MR) is 51.9 cm³/mol. The van der Waals surface area contributed by atoms with E-state index in [1.165, 1.54) is 6.20 Å². The van der Waals surface area contributed by atoms with Crippen LogP contribution in [0.5, 0.6) is 0 Å². The van der Waals surface area contributed by atoms with Crippen LogP contribution >= 0.6 is 15.9 Å². The zero-order valence-corrected chi connectivity index (χ0v) is 9.14. The van der Waals surface area contributed by atoms with Crippen molar-refractivity contribution in [2.75, 3.05) is 6.61 Å². The van der Waals surface area contributed by atoms with Crippen molar-refractivity contribution in [2.45, 2.75) is 20.0 Å². The van der Waals surface area contributed by atoms with E-state index in [-0.39, 0.29) is 11.9 Å². The highest BCUT2D eigenvalue weighted by molar-refractivity contribution is 9.10.